The molecule has 1 aromatic heterocycles. The summed E-state index contributed by atoms with van der Waals surface area (Å²) in [5.74, 6) is 0.193. The molecule has 1 amide bonds. The summed E-state index contributed by atoms with van der Waals surface area (Å²) in [4.78, 5) is 21.7. The van der Waals surface area contributed by atoms with Gasteiger partial charge >= 0.3 is 0 Å². The SMILES string of the molecule is O=C1CN(S(=O)(=O)[C@@H]2CCNC2)CCN1c1cnccn1. The first kappa shape index (κ1) is 14.4. The van der Waals surface area contributed by atoms with Gasteiger partial charge in [-0.25, -0.2) is 13.4 Å². The third-order valence-electron chi connectivity index (χ3n) is 3.81. The molecule has 2 fully saturated rings. The van der Waals surface area contributed by atoms with E-state index in [0.29, 0.717) is 38.4 Å². The molecule has 2 saturated heterocycles. The minimum atomic E-state index is -3.41. The van der Waals surface area contributed by atoms with Gasteiger partial charge in [-0.2, -0.15) is 4.31 Å². The molecule has 1 aromatic rings. The van der Waals surface area contributed by atoms with Gasteiger partial charge in [0, 0.05) is 32.0 Å². The van der Waals surface area contributed by atoms with Gasteiger partial charge in [-0.05, 0) is 13.0 Å². The lowest BCUT2D eigenvalue weighted by Crippen LogP contribution is -2.54. The Morgan fingerprint density at radius 1 is 1.29 bits per heavy atom. The van der Waals surface area contributed by atoms with Crippen LogP contribution in [-0.4, -0.2) is 66.6 Å². The van der Waals surface area contributed by atoms with Gasteiger partial charge in [0.15, 0.2) is 5.82 Å². The normalized spacial score (nSPS) is 24.5. The zero-order valence-corrected chi connectivity index (χ0v) is 12.3. The van der Waals surface area contributed by atoms with Crippen LogP contribution >= 0.6 is 0 Å². The fraction of sp³-hybridized carbons (Fsp3) is 0.583. The molecule has 9 heteroatoms. The molecule has 3 heterocycles. The van der Waals surface area contributed by atoms with E-state index in [2.05, 4.69) is 15.3 Å². The van der Waals surface area contributed by atoms with E-state index in [-0.39, 0.29) is 12.5 Å². The molecule has 0 spiro atoms. The smallest absolute Gasteiger partial charge is 0.243 e. The highest BCUT2D eigenvalue weighted by atomic mass is 32.2. The largest absolute Gasteiger partial charge is 0.315 e. The number of amides is 1. The molecular formula is C12H17N5O3S. The fourth-order valence-electron chi connectivity index (χ4n) is 2.63. The highest BCUT2D eigenvalue weighted by molar-refractivity contribution is 7.89. The highest BCUT2D eigenvalue weighted by Gasteiger charge is 2.38. The fourth-order valence-corrected chi connectivity index (χ4v) is 4.43. The number of hydrogen-bond donors (Lipinski definition) is 1. The summed E-state index contributed by atoms with van der Waals surface area (Å²) < 4.78 is 26.2. The third-order valence-corrected chi connectivity index (χ3v) is 6.08. The first-order valence-electron chi connectivity index (χ1n) is 6.85. The number of hydrogen-bond acceptors (Lipinski definition) is 6. The minimum Gasteiger partial charge on any atom is -0.315 e. The summed E-state index contributed by atoms with van der Waals surface area (Å²) in [5, 5.41) is 2.62. The highest BCUT2D eigenvalue weighted by Crippen LogP contribution is 2.19. The van der Waals surface area contributed by atoms with Crippen molar-refractivity contribution in [3.8, 4) is 0 Å². The molecular weight excluding hydrogens is 294 g/mol. The van der Waals surface area contributed by atoms with E-state index < -0.39 is 15.3 Å². The second-order valence-electron chi connectivity index (χ2n) is 5.10. The van der Waals surface area contributed by atoms with Gasteiger partial charge in [-0.15, -0.1) is 0 Å². The third kappa shape index (κ3) is 2.76. The Balaban J connectivity index is 1.72. The maximum Gasteiger partial charge on any atom is 0.243 e. The zero-order valence-electron chi connectivity index (χ0n) is 11.5. The van der Waals surface area contributed by atoms with Crippen molar-refractivity contribution >= 4 is 21.7 Å². The molecule has 1 atom stereocenters. The van der Waals surface area contributed by atoms with E-state index >= 15 is 0 Å². The van der Waals surface area contributed by atoms with E-state index in [9.17, 15) is 13.2 Å². The maximum absolute atomic E-state index is 12.5. The summed E-state index contributed by atoms with van der Waals surface area (Å²) in [6.07, 6.45) is 5.14. The molecule has 0 unspecified atom stereocenters. The van der Waals surface area contributed by atoms with Crippen LogP contribution in [0.1, 0.15) is 6.42 Å². The van der Waals surface area contributed by atoms with Crippen molar-refractivity contribution in [3.05, 3.63) is 18.6 Å². The van der Waals surface area contributed by atoms with Crippen LogP contribution in [0.3, 0.4) is 0 Å². The van der Waals surface area contributed by atoms with E-state index in [1.807, 2.05) is 0 Å². The van der Waals surface area contributed by atoms with Crippen molar-refractivity contribution in [2.75, 3.05) is 37.6 Å². The van der Waals surface area contributed by atoms with Gasteiger partial charge in [0.1, 0.15) is 0 Å². The first-order valence-corrected chi connectivity index (χ1v) is 8.35. The minimum absolute atomic E-state index is 0.130. The Hall–Kier alpha value is -1.58. The average molecular weight is 311 g/mol. The molecule has 21 heavy (non-hydrogen) atoms. The number of piperazine rings is 1. The van der Waals surface area contributed by atoms with Gasteiger partial charge in [-0.1, -0.05) is 0 Å². The number of carbonyl (C=O) groups excluding carboxylic acids is 1. The predicted octanol–water partition coefficient (Wildman–Crippen LogP) is -1.18. The molecule has 2 aliphatic rings. The second kappa shape index (κ2) is 5.66. The van der Waals surface area contributed by atoms with Crippen molar-refractivity contribution in [1.82, 2.24) is 19.6 Å². The molecule has 1 N–H and O–H groups in total. The first-order chi connectivity index (χ1) is 10.1. The quantitative estimate of drug-likeness (QED) is 0.755. The molecule has 0 bridgehead atoms. The molecule has 0 saturated carbocycles. The number of carbonyl (C=O) groups is 1. The summed E-state index contributed by atoms with van der Waals surface area (Å²) >= 11 is 0. The number of nitrogens with one attached hydrogen (secondary N) is 1. The molecule has 0 aliphatic carbocycles. The summed E-state index contributed by atoms with van der Waals surface area (Å²) in [5.41, 5.74) is 0. The maximum atomic E-state index is 12.5. The summed E-state index contributed by atoms with van der Waals surface area (Å²) in [7, 11) is -3.41. The Morgan fingerprint density at radius 2 is 2.14 bits per heavy atom. The van der Waals surface area contributed by atoms with Crippen LogP contribution in [0.2, 0.25) is 0 Å². The zero-order chi connectivity index (χ0) is 14.9. The lowest BCUT2D eigenvalue weighted by molar-refractivity contribution is -0.120. The Morgan fingerprint density at radius 3 is 2.76 bits per heavy atom. The average Bonchev–Trinajstić information content (AvgIpc) is 3.03. The Kier molecular flexibility index (Phi) is 3.87. The van der Waals surface area contributed by atoms with Crippen molar-refractivity contribution in [2.45, 2.75) is 11.7 Å². The van der Waals surface area contributed by atoms with E-state index in [1.165, 1.54) is 27.8 Å². The molecule has 114 valence electrons. The summed E-state index contributed by atoms with van der Waals surface area (Å²) in [6.45, 7) is 1.63. The van der Waals surface area contributed by atoms with Crippen LogP contribution in [0.5, 0.6) is 0 Å². The lowest BCUT2D eigenvalue weighted by Gasteiger charge is -2.34. The standard InChI is InChI=1S/C12H17N5O3S/c18-12-9-16(21(19,20)10-1-2-13-7-10)5-6-17(12)11-8-14-3-4-15-11/h3-4,8,10,13H,1-2,5-7,9H2/t10-/m1/s1. The predicted molar refractivity (Wildman–Crippen MR) is 76.2 cm³/mol. The molecule has 0 aromatic carbocycles. The topological polar surface area (TPSA) is 95.5 Å². The number of rotatable bonds is 3. The van der Waals surface area contributed by atoms with Gasteiger partial charge in [0.2, 0.25) is 15.9 Å². The van der Waals surface area contributed by atoms with Crippen molar-refractivity contribution < 1.29 is 13.2 Å². The van der Waals surface area contributed by atoms with Crippen molar-refractivity contribution in [3.63, 3.8) is 0 Å². The van der Waals surface area contributed by atoms with Gasteiger partial charge in [0.25, 0.3) is 0 Å². The van der Waals surface area contributed by atoms with Crippen LogP contribution in [-0.2, 0) is 14.8 Å². The molecule has 3 rings (SSSR count). The van der Waals surface area contributed by atoms with Gasteiger partial charge in [0.05, 0.1) is 18.0 Å². The second-order valence-corrected chi connectivity index (χ2v) is 7.32. The van der Waals surface area contributed by atoms with E-state index in [0.717, 1.165) is 0 Å². The number of anilines is 1. The van der Waals surface area contributed by atoms with Crippen LogP contribution in [0.25, 0.3) is 0 Å². The lowest BCUT2D eigenvalue weighted by atomic mass is 10.3. The molecule has 8 nitrogen and oxygen atoms in total. The van der Waals surface area contributed by atoms with E-state index in [4.69, 9.17) is 0 Å². The van der Waals surface area contributed by atoms with Crippen LogP contribution in [0.15, 0.2) is 18.6 Å². The van der Waals surface area contributed by atoms with Crippen LogP contribution < -0.4 is 10.2 Å². The molecule has 2 aliphatic heterocycles. The van der Waals surface area contributed by atoms with Crippen LogP contribution in [0, 0.1) is 0 Å². The summed E-state index contributed by atoms with van der Waals surface area (Å²) in [6, 6.07) is 0. The Bertz CT molecular complexity index is 615. The van der Waals surface area contributed by atoms with Gasteiger partial charge < -0.3 is 5.32 Å². The number of sulfonamides is 1. The number of nitrogens with zero attached hydrogens (tertiary/aromatic N) is 4. The molecule has 0 radical (unpaired) electrons. The monoisotopic (exact) mass is 311 g/mol. The van der Waals surface area contributed by atoms with Crippen molar-refractivity contribution in [1.29, 1.82) is 0 Å². The van der Waals surface area contributed by atoms with Crippen LogP contribution in [0.4, 0.5) is 5.82 Å². The number of aromatic nitrogens is 2. The Labute approximate surface area is 123 Å². The van der Waals surface area contributed by atoms with Crippen molar-refractivity contribution in [2.24, 2.45) is 0 Å². The van der Waals surface area contributed by atoms with E-state index in [1.54, 1.807) is 0 Å². The van der Waals surface area contributed by atoms with Gasteiger partial charge in [-0.3, -0.25) is 14.7 Å².